The largest absolute Gasteiger partial charge is 0.376 e. The van der Waals surface area contributed by atoms with E-state index in [0.29, 0.717) is 11.4 Å². The van der Waals surface area contributed by atoms with Gasteiger partial charge in [-0.1, -0.05) is 47.6 Å². The molecule has 2 atom stereocenters. The molecule has 0 aliphatic carbocycles. The van der Waals surface area contributed by atoms with Gasteiger partial charge in [0, 0.05) is 17.7 Å². The van der Waals surface area contributed by atoms with Gasteiger partial charge in [0.25, 0.3) is 5.91 Å². The third kappa shape index (κ3) is 3.50. The zero-order valence-corrected chi connectivity index (χ0v) is 14.2. The summed E-state index contributed by atoms with van der Waals surface area (Å²) in [6.45, 7) is 0.739. The molecule has 2 aromatic carbocycles. The first-order valence-electron chi connectivity index (χ1n) is 8.65. The molecule has 132 valence electrons. The van der Waals surface area contributed by atoms with Crippen molar-refractivity contribution in [3.05, 3.63) is 72.1 Å². The summed E-state index contributed by atoms with van der Waals surface area (Å²) in [5.41, 5.74) is 2.43. The van der Waals surface area contributed by atoms with Gasteiger partial charge in [-0.15, -0.1) is 0 Å². The summed E-state index contributed by atoms with van der Waals surface area (Å²) >= 11 is 0. The molecule has 6 nitrogen and oxygen atoms in total. The number of nitrogens with zero attached hydrogens (tertiary/aromatic N) is 2. The van der Waals surface area contributed by atoms with E-state index in [2.05, 4.69) is 15.5 Å². The van der Waals surface area contributed by atoms with Gasteiger partial charge in [0.2, 0.25) is 12.2 Å². The van der Waals surface area contributed by atoms with Gasteiger partial charge in [0.1, 0.15) is 0 Å². The van der Waals surface area contributed by atoms with Gasteiger partial charge in [0.15, 0.2) is 0 Å². The molecule has 0 spiro atoms. The number of hydrogen-bond donors (Lipinski definition) is 1. The number of carbonyl (C=O) groups excluding carboxylic acids is 1. The normalized spacial score (nSPS) is 17.8. The number of rotatable bonds is 5. The molecule has 4 rings (SSSR count). The first-order chi connectivity index (χ1) is 12.8. The van der Waals surface area contributed by atoms with E-state index in [-0.39, 0.29) is 18.1 Å². The average molecular weight is 349 g/mol. The molecular formula is C20H19N3O3. The maximum Gasteiger partial charge on any atom is 0.251 e. The summed E-state index contributed by atoms with van der Waals surface area (Å²) in [5, 5.41) is 6.93. The Morgan fingerprint density at radius 3 is 2.58 bits per heavy atom. The van der Waals surface area contributed by atoms with Gasteiger partial charge in [-0.25, -0.2) is 0 Å². The second-order valence-corrected chi connectivity index (χ2v) is 6.25. The van der Waals surface area contributed by atoms with Crippen LogP contribution in [-0.2, 0) is 4.74 Å². The molecule has 2 unspecified atom stereocenters. The van der Waals surface area contributed by atoms with E-state index in [1.54, 1.807) is 12.1 Å². The summed E-state index contributed by atoms with van der Waals surface area (Å²) < 4.78 is 10.6. The standard InChI is InChI=1S/C20H19N3O3/c24-20(16-10-8-15(9-11-16)19-21-13-26-23-19)22-18(17-7-4-12-25-17)14-5-2-1-3-6-14/h1-3,5-6,8-11,13,17-18H,4,7,12H2,(H,22,24). The Labute approximate surface area is 151 Å². The molecule has 1 amide bonds. The van der Waals surface area contributed by atoms with Gasteiger partial charge < -0.3 is 14.6 Å². The highest BCUT2D eigenvalue weighted by Gasteiger charge is 2.28. The van der Waals surface area contributed by atoms with Crippen molar-refractivity contribution in [3.8, 4) is 11.4 Å². The van der Waals surface area contributed by atoms with E-state index in [1.807, 2.05) is 42.5 Å². The van der Waals surface area contributed by atoms with Gasteiger partial charge >= 0.3 is 0 Å². The number of hydrogen-bond acceptors (Lipinski definition) is 5. The molecule has 1 N–H and O–H groups in total. The van der Waals surface area contributed by atoms with Crippen LogP contribution in [0.1, 0.15) is 34.8 Å². The maximum absolute atomic E-state index is 12.8. The SMILES string of the molecule is O=C(NC(c1ccccc1)C1CCCO1)c1ccc(-c2ncon2)cc1. The van der Waals surface area contributed by atoms with Gasteiger partial charge in [0.05, 0.1) is 12.1 Å². The van der Waals surface area contributed by atoms with Crippen LogP contribution in [0.4, 0.5) is 0 Å². The zero-order chi connectivity index (χ0) is 17.8. The Morgan fingerprint density at radius 1 is 1.12 bits per heavy atom. The Balaban J connectivity index is 1.52. The maximum atomic E-state index is 12.8. The van der Waals surface area contributed by atoms with Gasteiger partial charge in [-0.3, -0.25) is 4.79 Å². The quantitative estimate of drug-likeness (QED) is 0.764. The Hall–Kier alpha value is -2.99. The van der Waals surface area contributed by atoms with Crippen molar-refractivity contribution in [2.75, 3.05) is 6.61 Å². The van der Waals surface area contributed by atoms with Gasteiger partial charge in [-0.05, 0) is 30.5 Å². The van der Waals surface area contributed by atoms with E-state index in [9.17, 15) is 4.79 Å². The highest BCUT2D eigenvalue weighted by molar-refractivity contribution is 5.94. The van der Waals surface area contributed by atoms with Crippen LogP contribution in [0.2, 0.25) is 0 Å². The molecular weight excluding hydrogens is 330 g/mol. The van der Waals surface area contributed by atoms with Crippen LogP contribution in [0, 0.1) is 0 Å². The molecule has 26 heavy (non-hydrogen) atoms. The third-order valence-corrected chi connectivity index (χ3v) is 4.55. The molecule has 0 saturated carbocycles. The lowest BCUT2D eigenvalue weighted by molar-refractivity contribution is 0.0672. The van der Waals surface area contributed by atoms with Crippen molar-refractivity contribution in [1.29, 1.82) is 0 Å². The molecule has 0 bridgehead atoms. The summed E-state index contributed by atoms with van der Waals surface area (Å²) in [4.78, 5) is 16.8. The summed E-state index contributed by atoms with van der Waals surface area (Å²) in [5.74, 6) is 0.368. The van der Waals surface area contributed by atoms with E-state index in [1.165, 1.54) is 6.39 Å². The average Bonchev–Trinajstić information content (AvgIpc) is 3.41. The fourth-order valence-corrected chi connectivity index (χ4v) is 3.21. The van der Waals surface area contributed by atoms with Crippen LogP contribution < -0.4 is 5.32 Å². The molecule has 1 aromatic heterocycles. The van der Waals surface area contributed by atoms with Crippen molar-refractivity contribution >= 4 is 5.91 Å². The second kappa shape index (κ2) is 7.49. The number of nitrogens with one attached hydrogen (secondary N) is 1. The van der Waals surface area contributed by atoms with Crippen LogP contribution in [0.15, 0.2) is 65.5 Å². The predicted octanol–water partition coefficient (Wildman–Crippen LogP) is 3.39. The smallest absolute Gasteiger partial charge is 0.251 e. The lowest BCUT2D eigenvalue weighted by Gasteiger charge is -2.24. The topological polar surface area (TPSA) is 77.2 Å². The predicted molar refractivity (Wildman–Crippen MR) is 95.4 cm³/mol. The fraction of sp³-hybridized carbons (Fsp3) is 0.250. The third-order valence-electron chi connectivity index (χ3n) is 4.55. The highest BCUT2D eigenvalue weighted by atomic mass is 16.5. The fourth-order valence-electron chi connectivity index (χ4n) is 3.21. The molecule has 1 aliphatic heterocycles. The van der Waals surface area contributed by atoms with Crippen molar-refractivity contribution in [1.82, 2.24) is 15.5 Å². The molecule has 1 saturated heterocycles. The Bertz CT molecular complexity index is 842. The van der Waals surface area contributed by atoms with E-state index in [0.717, 1.165) is 30.6 Å². The molecule has 1 aliphatic rings. The number of benzene rings is 2. The van der Waals surface area contributed by atoms with Crippen LogP contribution in [0.25, 0.3) is 11.4 Å². The summed E-state index contributed by atoms with van der Waals surface area (Å²) in [7, 11) is 0. The monoisotopic (exact) mass is 349 g/mol. The number of amides is 1. The molecule has 0 radical (unpaired) electrons. The van der Waals surface area contributed by atoms with Crippen LogP contribution in [0.3, 0.4) is 0 Å². The Morgan fingerprint density at radius 2 is 1.92 bits per heavy atom. The van der Waals surface area contributed by atoms with Crippen LogP contribution in [-0.4, -0.2) is 28.8 Å². The number of carbonyl (C=O) groups is 1. The zero-order valence-electron chi connectivity index (χ0n) is 14.2. The molecule has 3 aromatic rings. The molecule has 2 heterocycles. The van der Waals surface area contributed by atoms with Crippen molar-refractivity contribution in [2.24, 2.45) is 0 Å². The van der Waals surface area contributed by atoms with Crippen molar-refractivity contribution in [3.63, 3.8) is 0 Å². The lowest BCUT2D eigenvalue weighted by Crippen LogP contribution is -2.36. The summed E-state index contributed by atoms with van der Waals surface area (Å²) in [6.07, 6.45) is 3.24. The van der Waals surface area contributed by atoms with Crippen LogP contribution >= 0.6 is 0 Å². The minimum Gasteiger partial charge on any atom is -0.376 e. The lowest BCUT2D eigenvalue weighted by atomic mass is 9.98. The summed E-state index contributed by atoms with van der Waals surface area (Å²) in [6, 6.07) is 16.9. The van der Waals surface area contributed by atoms with Gasteiger partial charge in [-0.2, -0.15) is 4.98 Å². The van der Waals surface area contributed by atoms with Crippen molar-refractivity contribution < 1.29 is 14.1 Å². The minimum atomic E-state index is -0.164. The second-order valence-electron chi connectivity index (χ2n) is 6.25. The van der Waals surface area contributed by atoms with E-state index in [4.69, 9.17) is 9.26 Å². The van der Waals surface area contributed by atoms with Crippen molar-refractivity contribution in [2.45, 2.75) is 25.0 Å². The molecule has 6 heteroatoms. The number of aromatic nitrogens is 2. The highest BCUT2D eigenvalue weighted by Crippen LogP contribution is 2.27. The molecule has 1 fully saturated rings. The van der Waals surface area contributed by atoms with E-state index < -0.39 is 0 Å². The minimum absolute atomic E-state index is 0.0000430. The van der Waals surface area contributed by atoms with Crippen LogP contribution in [0.5, 0.6) is 0 Å². The Kier molecular flexibility index (Phi) is 4.75. The van der Waals surface area contributed by atoms with E-state index >= 15 is 0 Å². The first-order valence-corrected chi connectivity index (χ1v) is 8.65. The first kappa shape index (κ1) is 16.5. The number of ether oxygens (including phenoxy) is 1.